The van der Waals surface area contributed by atoms with Crippen molar-refractivity contribution in [1.29, 1.82) is 0 Å². The Bertz CT molecular complexity index is 921. The molecule has 136 valence electrons. The van der Waals surface area contributed by atoms with Gasteiger partial charge in [0.25, 0.3) is 5.91 Å². The van der Waals surface area contributed by atoms with Gasteiger partial charge >= 0.3 is 0 Å². The Labute approximate surface area is 157 Å². The van der Waals surface area contributed by atoms with E-state index in [1.807, 2.05) is 41.5 Å². The third-order valence-corrected chi connectivity index (χ3v) is 6.62. The first-order chi connectivity index (χ1) is 12.6. The summed E-state index contributed by atoms with van der Waals surface area (Å²) in [7, 11) is 0. The van der Waals surface area contributed by atoms with Crippen molar-refractivity contribution in [3.63, 3.8) is 0 Å². The van der Waals surface area contributed by atoms with E-state index in [4.69, 9.17) is 0 Å². The number of carbonyl (C=O) groups excluding carboxylic acids is 1. The van der Waals surface area contributed by atoms with E-state index < -0.39 is 6.10 Å². The van der Waals surface area contributed by atoms with Crippen molar-refractivity contribution in [3.8, 4) is 0 Å². The minimum Gasteiger partial charge on any atom is -0.387 e. The molecular weight excluding hydrogens is 344 g/mol. The zero-order valence-corrected chi connectivity index (χ0v) is 16.0. The molecule has 1 saturated heterocycles. The van der Waals surface area contributed by atoms with Crippen LogP contribution in [0, 0.1) is 19.8 Å². The smallest absolute Gasteiger partial charge is 0.255 e. The Morgan fingerprint density at radius 3 is 2.69 bits per heavy atom. The van der Waals surface area contributed by atoms with Crippen LogP contribution in [0.3, 0.4) is 0 Å². The van der Waals surface area contributed by atoms with Crippen LogP contribution in [-0.2, 0) is 0 Å². The molecule has 1 fully saturated rings. The average Bonchev–Trinajstić information content (AvgIpc) is 3.30. The van der Waals surface area contributed by atoms with Gasteiger partial charge in [-0.15, -0.1) is 11.3 Å². The first kappa shape index (κ1) is 17.3. The number of benzene rings is 1. The Morgan fingerprint density at radius 2 is 2.00 bits per heavy atom. The number of aryl methyl sites for hydroxylation is 2. The molecule has 0 saturated carbocycles. The van der Waals surface area contributed by atoms with Gasteiger partial charge in [-0.1, -0.05) is 18.2 Å². The number of rotatable bonds is 3. The van der Waals surface area contributed by atoms with E-state index in [9.17, 15) is 9.90 Å². The lowest BCUT2D eigenvalue weighted by Crippen LogP contribution is -2.39. The second kappa shape index (κ2) is 6.89. The van der Waals surface area contributed by atoms with E-state index in [2.05, 4.69) is 18.0 Å². The molecule has 3 heterocycles. The van der Waals surface area contributed by atoms with Gasteiger partial charge in [-0.3, -0.25) is 4.79 Å². The fraction of sp³-hybridized carbons (Fsp3) is 0.381. The zero-order chi connectivity index (χ0) is 18.3. The summed E-state index contributed by atoms with van der Waals surface area (Å²) in [6, 6.07) is 9.90. The van der Waals surface area contributed by atoms with Crippen LogP contribution in [0.25, 0.3) is 10.9 Å². The maximum atomic E-state index is 13.1. The number of nitrogens with zero attached hydrogens (tertiary/aromatic N) is 1. The highest BCUT2D eigenvalue weighted by atomic mass is 32.1. The summed E-state index contributed by atoms with van der Waals surface area (Å²) in [4.78, 5) is 19.4. The van der Waals surface area contributed by atoms with E-state index in [0.717, 1.165) is 39.9 Å². The standard InChI is InChI=1S/C21H24N2O2S/c1-13-14(2)22-19-16(13)5-3-6-17(19)21(25)23-10-8-15(9-11-23)20(24)18-7-4-12-26-18/h3-7,12,15,20,22,24H,8-11H2,1-2H3. The van der Waals surface area contributed by atoms with Gasteiger partial charge in [0.1, 0.15) is 0 Å². The molecule has 4 nitrogen and oxygen atoms in total. The molecule has 0 bridgehead atoms. The number of H-pyrrole nitrogens is 1. The fourth-order valence-corrected chi connectivity index (χ4v) is 4.74. The molecule has 1 unspecified atom stereocenters. The zero-order valence-electron chi connectivity index (χ0n) is 15.2. The molecule has 1 aliphatic heterocycles. The minimum atomic E-state index is -0.413. The largest absolute Gasteiger partial charge is 0.387 e. The van der Waals surface area contributed by atoms with Crippen LogP contribution in [-0.4, -0.2) is 34.0 Å². The normalized spacial score (nSPS) is 17.0. The van der Waals surface area contributed by atoms with Crippen LogP contribution in [0.4, 0.5) is 0 Å². The second-order valence-corrected chi connectivity index (χ2v) is 8.17. The Balaban J connectivity index is 1.50. The highest BCUT2D eigenvalue weighted by Gasteiger charge is 2.29. The minimum absolute atomic E-state index is 0.0842. The molecule has 1 aromatic carbocycles. The predicted molar refractivity (Wildman–Crippen MR) is 106 cm³/mol. The van der Waals surface area contributed by atoms with Crippen LogP contribution in [0.1, 0.15) is 45.4 Å². The highest BCUT2D eigenvalue weighted by molar-refractivity contribution is 7.10. The molecule has 1 aliphatic rings. The van der Waals surface area contributed by atoms with Crippen molar-refractivity contribution in [2.75, 3.05) is 13.1 Å². The van der Waals surface area contributed by atoms with Crippen molar-refractivity contribution >= 4 is 28.1 Å². The van der Waals surface area contributed by atoms with Crippen molar-refractivity contribution in [1.82, 2.24) is 9.88 Å². The SMILES string of the molecule is Cc1[nH]c2c(C(=O)N3CCC(C(O)c4cccs4)CC3)cccc2c1C. The molecule has 1 amide bonds. The summed E-state index contributed by atoms with van der Waals surface area (Å²) in [6.45, 7) is 5.52. The van der Waals surface area contributed by atoms with Crippen LogP contribution >= 0.6 is 11.3 Å². The third kappa shape index (κ3) is 2.95. The molecule has 0 aliphatic carbocycles. The van der Waals surface area contributed by atoms with E-state index in [0.29, 0.717) is 13.1 Å². The number of hydrogen-bond acceptors (Lipinski definition) is 3. The van der Waals surface area contributed by atoms with Gasteiger partial charge in [-0.2, -0.15) is 0 Å². The molecule has 0 radical (unpaired) electrons. The van der Waals surface area contributed by atoms with E-state index >= 15 is 0 Å². The summed E-state index contributed by atoms with van der Waals surface area (Å²) in [5.41, 5.74) is 4.00. The van der Waals surface area contributed by atoms with E-state index in [1.165, 1.54) is 5.56 Å². The maximum absolute atomic E-state index is 13.1. The van der Waals surface area contributed by atoms with Crippen molar-refractivity contribution in [3.05, 3.63) is 57.4 Å². The van der Waals surface area contributed by atoms with Crippen molar-refractivity contribution in [2.45, 2.75) is 32.8 Å². The van der Waals surface area contributed by atoms with Gasteiger partial charge < -0.3 is 15.0 Å². The lowest BCUT2D eigenvalue weighted by molar-refractivity contribution is 0.0475. The number of aliphatic hydroxyl groups excluding tert-OH is 1. The number of amides is 1. The molecule has 5 heteroatoms. The van der Waals surface area contributed by atoms with E-state index in [1.54, 1.807) is 11.3 Å². The van der Waals surface area contributed by atoms with Gasteiger partial charge in [0.05, 0.1) is 17.2 Å². The first-order valence-electron chi connectivity index (χ1n) is 9.15. The number of carbonyl (C=O) groups is 1. The maximum Gasteiger partial charge on any atom is 0.255 e. The highest BCUT2D eigenvalue weighted by Crippen LogP contribution is 2.34. The summed E-state index contributed by atoms with van der Waals surface area (Å²) < 4.78 is 0. The Hall–Kier alpha value is -2.11. The number of fused-ring (bicyclic) bond motifs is 1. The number of aromatic amines is 1. The number of piperidine rings is 1. The van der Waals surface area contributed by atoms with Crippen molar-refractivity contribution < 1.29 is 9.90 Å². The number of likely N-dealkylation sites (tertiary alicyclic amines) is 1. The summed E-state index contributed by atoms with van der Waals surface area (Å²) in [6.07, 6.45) is 1.26. The van der Waals surface area contributed by atoms with Gasteiger partial charge in [0.2, 0.25) is 0 Å². The quantitative estimate of drug-likeness (QED) is 0.718. The Kier molecular flexibility index (Phi) is 4.59. The topological polar surface area (TPSA) is 56.3 Å². The number of thiophene rings is 1. The molecule has 3 aromatic rings. The summed E-state index contributed by atoms with van der Waals surface area (Å²) in [5.74, 6) is 0.310. The monoisotopic (exact) mass is 368 g/mol. The average molecular weight is 369 g/mol. The van der Waals surface area contributed by atoms with E-state index in [-0.39, 0.29) is 11.8 Å². The fourth-order valence-electron chi connectivity index (χ4n) is 3.94. The number of aromatic nitrogens is 1. The molecule has 0 spiro atoms. The number of para-hydroxylation sites is 1. The van der Waals surface area contributed by atoms with Crippen molar-refractivity contribution in [2.24, 2.45) is 5.92 Å². The number of aliphatic hydroxyl groups is 1. The van der Waals surface area contributed by atoms with Crippen LogP contribution in [0.2, 0.25) is 0 Å². The van der Waals surface area contributed by atoms with Crippen LogP contribution < -0.4 is 0 Å². The first-order valence-corrected chi connectivity index (χ1v) is 10.0. The molecule has 4 rings (SSSR count). The van der Waals surface area contributed by atoms with Gasteiger partial charge in [0, 0.05) is 29.0 Å². The molecule has 1 atom stereocenters. The third-order valence-electron chi connectivity index (χ3n) is 5.68. The molecular formula is C21H24N2O2S. The summed E-state index contributed by atoms with van der Waals surface area (Å²) in [5, 5.41) is 13.7. The molecule has 2 aromatic heterocycles. The van der Waals surface area contributed by atoms with Crippen LogP contribution in [0.5, 0.6) is 0 Å². The van der Waals surface area contributed by atoms with Gasteiger partial charge in [0.15, 0.2) is 0 Å². The Morgan fingerprint density at radius 1 is 1.23 bits per heavy atom. The number of hydrogen-bond donors (Lipinski definition) is 2. The van der Waals surface area contributed by atoms with Gasteiger partial charge in [-0.25, -0.2) is 0 Å². The molecule has 2 N–H and O–H groups in total. The predicted octanol–water partition coefficient (Wildman–Crippen LogP) is 4.43. The second-order valence-electron chi connectivity index (χ2n) is 7.19. The molecule has 26 heavy (non-hydrogen) atoms. The van der Waals surface area contributed by atoms with Gasteiger partial charge in [-0.05, 0) is 55.7 Å². The number of nitrogens with one attached hydrogen (secondary N) is 1. The lowest BCUT2D eigenvalue weighted by atomic mass is 9.90. The lowest BCUT2D eigenvalue weighted by Gasteiger charge is -2.34. The van der Waals surface area contributed by atoms with Crippen LogP contribution in [0.15, 0.2) is 35.7 Å². The summed E-state index contributed by atoms with van der Waals surface area (Å²) >= 11 is 1.60.